The molecule has 2 amide bonds. The van der Waals surface area contributed by atoms with Crippen LogP contribution in [-0.4, -0.2) is 16.0 Å². The molecule has 1 aliphatic heterocycles. The van der Waals surface area contributed by atoms with Gasteiger partial charge >= 0.3 is 6.18 Å². The van der Waals surface area contributed by atoms with E-state index < -0.39 is 28.7 Å². The molecule has 0 bridgehead atoms. The van der Waals surface area contributed by atoms with Crippen molar-refractivity contribution in [3.63, 3.8) is 0 Å². The fraction of sp³-hybridized carbons (Fsp3) is 0.111. The van der Waals surface area contributed by atoms with Crippen molar-refractivity contribution in [2.75, 3.05) is 0 Å². The normalized spacial score (nSPS) is 16.6. The molecule has 0 atom stereocenters. The van der Waals surface area contributed by atoms with Gasteiger partial charge in [-0.15, -0.1) is 0 Å². The molecular formula is C18H11F4NO2S. The highest BCUT2D eigenvalue weighted by atomic mass is 32.2. The molecule has 134 valence electrons. The molecule has 0 aliphatic carbocycles. The van der Waals surface area contributed by atoms with Gasteiger partial charge in [-0.2, -0.15) is 13.2 Å². The molecule has 0 unspecified atom stereocenters. The van der Waals surface area contributed by atoms with Gasteiger partial charge in [-0.3, -0.25) is 14.5 Å². The molecule has 0 radical (unpaired) electrons. The van der Waals surface area contributed by atoms with Crippen LogP contribution in [0.5, 0.6) is 0 Å². The van der Waals surface area contributed by atoms with Crippen molar-refractivity contribution in [3.8, 4) is 0 Å². The van der Waals surface area contributed by atoms with Crippen LogP contribution in [0.25, 0.3) is 6.08 Å². The number of carbonyl (C=O) groups is 2. The molecule has 3 nitrogen and oxygen atoms in total. The molecule has 0 N–H and O–H groups in total. The summed E-state index contributed by atoms with van der Waals surface area (Å²) in [6, 6.07) is 10.2. The Balaban J connectivity index is 1.85. The highest BCUT2D eigenvalue weighted by Gasteiger charge is 2.36. The van der Waals surface area contributed by atoms with Gasteiger partial charge in [-0.25, -0.2) is 4.39 Å². The fourth-order valence-corrected chi connectivity index (χ4v) is 3.23. The minimum absolute atomic E-state index is 0.00864. The zero-order chi connectivity index (χ0) is 18.9. The highest BCUT2D eigenvalue weighted by molar-refractivity contribution is 8.18. The minimum Gasteiger partial charge on any atom is -0.268 e. The molecule has 2 aromatic carbocycles. The predicted octanol–water partition coefficient (Wildman–Crippen LogP) is 5.08. The lowest BCUT2D eigenvalue weighted by Crippen LogP contribution is -2.27. The lowest BCUT2D eigenvalue weighted by Gasteiger charge is -2.12. The topological polar surface area (TPSA) is 37.4 Å². The van der Waals surface area contributed by atoms with E-state index in [2.05, 4.69) is 0 Å². The summed E-state index contributed by atoms with van der Waals surface area (Å²) in [7, 11) is 0. The van der Waals surface area contributed by atoms with Crippen molar-refractivity contribution in [1.29, 1.82) is 0 Å². The van der Waals surface area contributed by atoms with Gasteiger partial charge in [-0.05, 0) is 41.6 Å². The van der Waals surface area contributed by atoms with E-state index in [1.54, 1.807) is 6.07 Å². The second-order valence-corrected chi connectivity index (χ2v) is 6.48. The van der Waals surface area contributed by atoms with Crippen molar-refractivity contribution in [3.05, 3.63) is 75.9 Å². The Morgan fingerprint density at radius 3 is 2.46 bits per heavy atom. The smallest absolute Gasteiger partial charge is 0.268 e. The number of hydrogen-bond donors (Lipinski definition) is 0. The average Bonchev–Trinajstić information content (AvgIpc) is 2.84. The van der Waals surface area contributed by atoms with Gasteiger partial charge in [0.2, 0.25) is 0 Å². The standard InChI is InChI=1S/C18H11F4NO2S/c19-14-7-2-1-5-12(14)10-23-16(24)15(26-17(23)25)9-11-4-3-6-13(8-11)18(20,21)22/h1-9H,10H2/b15-9+. The molecule has 3 rings (SSSR count). The second kappa shape index (κ2) is 6.95. The average molecular weight is 381 g/mol. The number of thioether (sulfide) groups is 1. The number of alkyl halides is 3. The van der Waals surface area contributed by atoms with Gasteiger partial charge in [0, 0.05) is 5.56 Å². The van der Waals surface area contributed by atoms with Crippen LogP contribution < -0.4 is 0 Å². The zero-order valence-electron chi connectivity index (χ0n) is 13.1. The second-order valence-electron chi connectivity index (χ2n) is 5.48. The summed E-state index contributed by atoms with van der Waals surface area (Å²) in [6.45, 7) is -0.239. The summed E-state index contributed by atoms with van der Waals surface area (Å²) in [4.78, 5) is 25.3. The van der Waals surface area contributed by atoms with Crippen LogP contribution in [-0.2, 0) is 17.5 Å². The Morgan fingerprint density at radius 2 is 1.77 bits per heavy atom. The molecule has 8 heteroatoms. The molecule has 2 aromatic rings. The SMILES string of the molecule is O=C1S/C(=C/c2cccc(C(F)(F)F)c2)C(=O)N1Cc1ccccc1F. The number of imide groups is 1. The Labute approximate surface area is 150 Å². The first kappa shape index (κ1) is 18.2. The van der Waals surface area contributed by atoms with Crippen LogP contribution in [0.4, 0.5) is 22.4 Å². The number of halogens is 4. The summed E-state index contributed by atoms with van der Waals surface area (Å²) in [5.74, 6) is -1.21. The van der Waals surface area contributed by atoms with Crippen LogP contribution in [0.3, 0.4) is 0 Å². The molecule has 1 aliphatic rings. The Kier molecular flexibility index (Phi) is 4.86. The van der Waals surface area contributed by atoms with Crippen molar-refractivity contribution >= 4 is 29.0 Å². The first-order valence-corrected chi connectivity index (χ1v) is 8.23. The van der Waals surface area contributed by atoms with Crippen LogP contribution in [0.1, 0.15) is 16.7 Å². The first-order chi connectivity index (χ1) is 12.3. The molecule has 0 aromatic heterocycles. The molecule has 1 saturated heterocycles. The zero-order valence-corrected chi connectivity index (χ0v) is 13.9. The van der Waals surface area contributed by atoms with Crippen molar-refractivity contribution in [2.24, 2.45) is 0 Å². The van der Waals surface area contributed by atoms with E-state index >= 15 is 0 Å². The van der Waals surface area contributed by atoms with Gasteiger partial charge in [0.1, 0.15) is 5.82 Å². The Bertz CT molecular complexity index is 908. The number of amides is 2. The van der Waals surface area contributed by atoms with Gasteiger partial charge < -0.3 is 0 Å². The van der Waals surface area contributed by atoms with E-state index in [4.69, 9.17) is 0 Å². The van der Waals surface area contributed by atoms with Crippen LogP contribution in [0.15, 0.2) is 53.4 Å². The molecular weight excluding hydrogens is 370 g/mol. The van der Waals surface area contributed by atoms with Gasteiger partial charge in [-0.1, -0.05) is 30.3 Å². The van der Waals surface area contributed by atoms with Crippen molar-refractivity contribution in [2.45, 2.75) is 12.7 Å². The summed E-state index contributed by atoms with van der Waals surface area (Å²) in [6.07, 6.45) is -3.28. The van der Waals surface area contributed by atoms with Crippen molar-refractivity contribution < 1.29 is 27.2 Å². The summed E-state index contributed by atoms with van der Waals surface area (Å²) < 4.78 is 52.0. The summed E-state index contributed by atoms with van der Waals surface area (Å²) in [5, 5.41) is -0.600. The van der Waals surface area contributed by atoms with Gasteiger partial charge in [0.15, 0.2) is 0 Å². The number of carbonyl (C=O) groups excluding carboxylic acids is 2. The minimum atomic E-state index is -4.51. The van der Waals surface area contributed by atoms with E-state index in [9.17, 15) is 27.2 Å². The molecule has 0 saturated carbocycles. The van der Waals surface area contributed by atoms with Crippen LogP contribution >= 0.6 is 11.8 Å². The lowest BCUT2D eigenvalue weighted by atomic mass is 10.1. The first-order valence-electron chi connectivity index (χ1n) is 7.42. The van der Waals surface area contributed by atoms with Crippen LogP contribution in [0, 0.1) is 5.82 Å². The number of hydrogen-bond acceptors (Lipinski definition) is 3. The molecule has 1 fully saturated rings. The third-order valence-corrected chi connectivity index (χ3v) is 4.58. The van der Waals surface area contributed by atoms with E-state index in [1.165, 1.54) is 36.4 Å². The maximum absolute atomic E-state index is 13.7. The van der Waals surface area contributed by atoms with Crippen LogP contribution in [0.2, 0.25) is 0 Å². The van der Waals surface area contributed by atoms with E-state index in [0.29, 0.717) is 11.8 Å². The molecule has 1 heterocycles. The Morgan fingerprint density at radius 1 is 1.04 bits per heavy atom. The highest BCUT2D eigenvalue weighted by Crippen LogP contribution is 2.35. The third kappa shape index (κ3) is 3.80. The largest absolute Gasteiger partial charge is 0.416 e. The fourth-order valence-electron chi connectivity index (χ4n) is 2.39. The van der Waals surface area contributed by atoms with E-state index in [-0.39, 0.29) is 22.6 Å². The van der Waals surface area contributed by atoms with Gasteiger partial charge in [0.25, 0.3) is 11.1 Å². The van der Waals surface area contributed by atoms with E-state index in [0.717, 1.165) is 17.0 Å². The maximum atomic E-state index is 13.7. The van der Waals surface area contributed by atoms with Gasteiger partial charge in [0.05, 0.1) is 17.0 Å². The summed E-state index contributed by atoms with van der Waals surface area (Å²) >= 11 is 0.610. The molecule has 0 spiro atoms. The third-order valence-electron chi connectivity index (χ3n) is 3.67. The Hall–Kier alpha value is -2.61. The number of nitrogens with zero attached hydrogens (tertiary/aromatic N) is 1. The van der Waals surface area contributed by atoms with E-state index in [1.807, 2.05) is 0 Å². The quantitative estimate of drug-likeness (QED) is 0.550. The monoisotopic (exact) mass is 381 g/mol. The summed E-state index contributed by atoms with van der Waals surface area (Å²) in [5.41, 5.74) is -0.525. The molecule has 26 heavy (non-hydrogen) atoms. The predicted molar refractivity (Wildman–Crippen MR) is 89.4 cm³/mol. The number of benzene rings is 2. The number of rotatable bonds is 3. The lowest BCUT2D eigenvalue weighted by molar-refractivity contribution is -0.137. The van der Waals surface area contributed by atoms with Crippen molar-refractivity contribution in [1.82, 2.24) is 4.90 Å². The maximum Gasteiger partial charge on any atom is 0.416 e.